The first kappa shape index (κ1) is 13.7. The van der Waals surface area contributed by atoms with E-state index in [0.717, 1.165) is 18.4 Å². The lowest BCUT2D eigenvalue weighted by Crippen LogP contribution is -2.29. The predicted molar refractivity (Wildman–Crippen MR) is 72.3 cm³/mol. The molecule has 0 saturated heterocycles. The maximum atomic E-state index is 11.7. The van der Waals surface area contributed by atoms with Crippen LogP contribution in [0.1, 0.15) is 30.9 Å². The van der Waals surface area contributed by atoms with Crippen molar-refractivity contribution in [3.63, 3.8) is 0 Å². The Bertz CT molecular complexity index is 458. The number of ether oxygens (including phenoxy) is 2. The van der Waals surface area contributed by atoms with Crippen molar-refractivity contribution < 1.29 is 14.3 Å². The van der Waals surface area contributed by atoms with Crippen LogP contribution in [0, 0.1) is 0 Å². The number of amides is 1. The van der Waals surface area contributed by atoms with Crippen molar-refractivity contribution in [2.24, 2.45) is 5.73 Å². The third kappa shape index (κ3) is 3.61. The number of nitrogens with one attached hydrogen (secondary N) is 1. The van der Waals surface area contributed by atoms with Crippen molar-refractivity contribution in [3.8, 4) is 11.5 Å². The van der Waals surface area contributed by atoms with Crippen LogP contribution in [-0.4, -0.2) is 26.2 Å². The molecule has 1 aliphatic carbocycles. The Balaban J connectivity index is 2.01. The van der Waals surface area contributed by atoms with Crippen LogP contribution in [-0.2, 0) is 4.79 Å². The van der Waals surface area contributed by atoms with E-state index in [1.54, 1.807) is 20.3 Å². The van der Waals surface area contributed by atoms with Crippen molar-refractivity contribution in [3.05, 3.63) is 23.8 Å². The highest BCUT2D eigenvalue weighted by atomic mass is 16.5. The van der Waals surface area contributed by atoms with Gasteiger partial charge in [-0.25, -0.2) is 0 Å². The third-order valence-electron chi connectivity index (χ3n) is 3.18. The summed E-state index contributed by atoms with van der Waals surface area (Å²) < 4.78 is 10.4. The van der Waals surface area contributed by atoms with Gasteiger partial charge in [0.15, 0.2) is 11.5 Å². The van der Waals surface area contributed by atoms with Crippen molar-refractivity contribution in [1.82, 2.24) is 5.32 Å². The molecule has 1 unspecified atom stereocenters. The number of methoxy groups -OCH3 is 2. The van der Waals surface area contributed by atoms with E-state index in [1.807, 2.05) is 12.1 Å². The van der Waals surface area contributed by atoms with Crippen molar-refractivity contribution >= 4 is 5.91 Å². The van der Waals surface area contributed by atoms with E-state index in [2.05, 4.69) is 5.32 Å². The normalized spacial score (nSPS) is 15.7. The van der Waals surface area contributed by atoms with Gasteiger partial charge in [0, 0.05) is 18.5 Å². The van der Waals surface area contributed by atoms with E-state index in [4.69, 9.17) is 15.2 Å². The second kappa shape index (κ2) is 5.93. The fourth-order valence-electron chi connectivity index (χ4n) is 1.92. The number of carbonyl (C=O) groups is 1. The quantitative estimate of drug-likeness (QED) is 0.814. The summed E-state index contributed by atoms with van der Waals surface area (Å²) in [6, 6.07) is 5.50. The maximum absolute atomic E-state index is 11.7. The monoisotopic (exact) mass is 264 g/mol. The average Bonchev–Trinajstić information content (AvgIpc) is 3.21. The molecule has 3 N–H and O–H groups in total. The van der Waals surface area contributed by atoms with Crippen LogP contribution in [0.15, 0.2) is 18.2 Å². The van der Waals surface area contributed by atoms with Gasteiger partial charge >= 0.3 is 0 Å². The molecule has 5 nitrogen and oxygen atoms in total. The topological polar surface area (TPSA) is 73.6 Å². The molecule has 0 spiro atoms. The summed E-state index contributed by atoms with van der Waals surface area (Å²) >= 11 is 0. The van der Waals surface area contributed by atoms with Crippen LogP contribution in [0.4, 0.5) is 0 Å². The average molecular weight is 264 g/mol. The van der Waals surface area contributed by atoms with Gasteiger partial charge in [0.05, 0.1) is 14.2 Å². The van der Waals surface area contributed by atoms with Crippen LogP contribution in [0.2, 0.25) is 0 Å². The SMILES string of the molecule is COc1ccc(C(N)CC(=O)NC2CC2)cc1OC. The smallest absolute Gasteiger partial charge is 0.222 e. The van der Waals surface area contributed by atoms with E-state index in [9.17, 15) is 4.79 Å². The Morgan fingerprint density at radius 3 is 2.63 bits per heavy atom. The molecule has 0 bridgehead atoms. The van der Waals surface area contributed by atoms with E-state index in [-0.39, 0.29) is 18.4 Å². The second-order valence-electron chi connectivity index (χ2n) is 4.77. The van der Waals surface area contributed by atoms with Crippen LogP contribution in [0.5, 0.6) is 11.5 Å². The molecule has 1 aliphatic rings. The Hall–Kier alpha value is -1.75. The van der Waals surface area contributed by atoms with Gasteiger partial charge in [-0.3, -0.25) is 4.79 Å². The molecule has 104 valence electrons. The van der Waals surface area contributed by atoms with Gasteiger partial charge < -0.3 is 20.5 Å². The molecular formula is C14H20N2O3. The Labute approximate surface area is 113 Å². The second-order valence-corrected chi connectivity index (χ2v) is 4.77. The van der Waals surface area contributed by atoms with Gasteiger partial charge in [0.2, 0.25) is 5.91 Å². The first-order chi connectivity index (χ1) is 9.13. The van der Waals surface area contributed by atoms with Gasteiger partial charge in [-0.15, -0.1) is 0 Å². The van der Waals surface area contributed by atoms with Gasteiger partial charge in [-0.05, 0) is 30.5 Å². The van der Waals surface area contributed by atoms with Gasteiger partial charge in [-0.1, -0.05) is 6.07 Å². The number of hydrogen-bond acceptors (Lipinski definition) is 4. The molecule has 0 heterocycles. The Kier molecular flexibility index (Phi) is 4.27. The molecule has 0 aromatic heterocycles. The summed E-state index contributed by atoms with van der Waals surface area (Å²) in [5, 5.41) is 2.93. The predicted octanol–water partition coefficient (Wildman–Crippen LogP) is 1.37. The number of carbonyl (C=O) groups excluding carboxylic acids is 1. The zero-order valence-corrected chi connectivity index (χ0v) is 11.3. The van der Waals surface area contributed by atoms with Gasteiger partial charge in [0.25, 0.3) is 0 Å². The largest absolute Gasteiger partial charge is 0.493 e. The summed E-state index contributed by atoms with van der Waals surface area (Å²) in [4.78, 5) is 11.7. The molecular weight excluding hydrogens is 244 g/mol. The van der Waals surface area contributed by atoms with Crippen LogP contribution in [0.25, 0.3) is 0 Å². The fourth-order valence-corrected chi connectivity index (χ4v) is 1.92. The van der Waals surface area contributed by atoms with Crippen molar-refractivity contribution in [2.45, 2.75) is 31.3 Å². The lowest BCUT2D eigenvalue weighted by molar-refractivity contribution is -0.121. The summed E-state index contributed by atoms with van der Waals surface area (Å²) in [5.41, 5.74) is 6.91. The molecule has 1 amide bonds. The maximum Gasteiger partial charge on any atom is 0.222 e. The van der Waals surface area contributed by atoms with E-state index >= 15 is 0 Å². The third-order valence-corrected chi connectivity index (χ3v) is 3.18. The van der Waals surface area contributed by atoms with Crippen LogP contribution >= 0.6 is 0 Å². The lowest BCUT2D eigenvalue weighted by atomic mass is 10.0. The summed E-state index contributed by atoms with van der Waals surface area (Å²) in [6.07, 6.45) is 2.45. The summed E-state index contributed by atoms with van der Waals surface area (Å²) in [7, 11) is 3.16. The van der Waals surface area contributed by atoms with E-state index in [0.29, 0.717) is 17.5 Å². The van der Waals surface area contributed by atoms with Crippen LogP contribution in [0.3, 0.4) is 0 Å². The van der Waals surface area contributed by atoms with Crippen molar-refractivity contribution in [1.29, 1.82) is 0 Å². The zero-order valence-electron chi connectivity index (χ0n) is 11.3. The minimum Gasteiger partial charge on any atom is -0.493 e. The zero-order chi connectivity index (χ0) is 13.8. The van der Waals surface area contributed by atoms with Crippen LogP contribution < -0.4 is 20.5 Å². The molecule has 1 saturated carbocycles. The first-order valence-electron chi connectivity index (χ1n) is 6.41. The number of rotatable bonds is 6. The molecule has 1 atom stereocenters. The minimum absolute atomic E-state index is 0.00443. The molecule has 1 fully saturated rings. The molecule has 5 heteroatoms. The Morgan fingerprint density at radius 1 is 1.37 bits per heavy atom. The summed E-state index contributed by atoms with van der Waals surface area (Å²) in [5.74, 6) is 1.28. The van der Waals surface area contributed by atoms with Crippen molar-refractivity contribution in [2.75, 3.05) is 14.2 Å². The number of nitrogens with two attached hydrogens (primary N) is 1. The Morgan fingerprint density at radius 2 is 2.05 bits per heavy atom. The number of benzene rings is 1. The minimum atomic E-state index is -0.335. The standard InChI is InChI=1S/C14H20N2O3/c1-18-12-6-3-9(7-13(12)19-2)11(15)8-14(17)16-10-4-5-10/h3,6-7,10-11H,4-5,8,15H2,1-2H3,(H,16,17). The van der Waals surface area contributed by atoms with E-state index < -0.39 is 0 Å². The van der Waals surface area contributed by atoms with E-state index in [1.165, 1.54) is 0 Å². The molecule has 1 aromatic rings. The first-order valence-corrected chi connectivity index (χ1v) is 6.41. The molecule has 19 heavy (non-hydrogen) atoms. The lowest BCUT2D eigenvalue weighted by Gasteiger charge is -2.14. The highest BCUT2D eigenvalue weighted by Gasteiger charge is 2.24. The highest BCUT2D eigenvalue weighted by Crippen LogP contribution is 2.30. The molecule has 1 aromatic carbocycles. The number of hydrogen-bond donors (Lipinski definition) is 2. The molecule has 0 aliphatic heterocycles. The van der Waals surface area contributed by atoms with Gasteiger partial charge in [0.1, 0.15) is 0 Å². The molecule has 2 rings (SSSR count). The summed E-state index contributed by atoms with van der Waals surface area (Å²) in [6.45, 7) is 0. The van der Waals surface area contributed by atoms with Gasteiger partial charge in [-0.2, -0.15) is 0 Å². The highest BCUT2D eigenvalue weighted by molar-refractivity contribution is 5.77. The molecule has 0 radical (unpaired) electrons. The fraction of sp³-hybridized carbons (Fsp3) is 0.500.